The van der Waals surface area contributed by atoms with Gasteiger partial charge < -0.3 is 9.64 Å². The number of fused-ring (bicyclic) bond motifs is 2. The van der Waals surface area contributed by atoms with E-state index in [0.29, 0.717) is 17.9 Å². The normalized spacial score (nSPS) is 28.5. The Kier molecular flexibility index (Phi) is 4.26. The Labute approximate surface area is 133 Å². The summed E-state index contributed by atoms with van der Waals surface area (Å²) in [6.07, 6.45) is 5.86. The van der Waals surface area contributed by atoms with Crippen molar-refractivity contribution in [2.75, 3.05) is 14.2 Å². The monoisotopic (exact) mass is 301 g/mol. The van der Waals surface area contributed by atoms with Crippen molar-refractivity contribution in [2.45, 2.75) is 58.0 Å². The first kappa shape index (κ1) is 15.5. The highest BCUT2D eigenvalue weighted by Crippen LogP contribution is 2.37. The van der Waals surface area contributed by atoms with Gasteiger partial charge in [0.25, 0.3) is 0 Å². The summed E-state index contributed by atoms with van der Waals surface area (Å²) in [5.41, 5.74) is 2.97. The Bertz CT molecular complexity index is 544. The second-order valence-electron chi connectivity index (χ2n) is 7.08. The minimum Gasteiger partial charge on any atom is -0.496 e. The lowest BCUT2D eigenvalue weighted by Gasteiger charge is -2.46. The fraction of sp³-hybridized carbons (Fsp3) is 0.632. The largest absolute Gasteiger partial charge is 0.496 e. The van der Waals surface area contributed by atoms with Crippen molar-refractivity contribution < 1.29 is 9.53 Å². The Morgan fingerprint density at radius 2 is 1.68 bits per heavy atom. The summed E-state index contributed by atoms with van der Waals surface area (Å²) < 4.78 is 5.41. The lowest BCUT2D eigenvalue weighted by Crippen LogP contribution is -2.51. The summed E-state index contributed by atoms with van der Waals surface area (Å²) in [4.78, 5) is 15.5. The summed E-state index contributed by atoms with van der Waals surface area (Å²) in [6.45, 7) is 4.04. The van der Waals surface area contributed by atoms with Crippen molar-refractivity contribution in [1.29, 1.82) is 0 Å². The molecule has 2 heterocycles. The van der Waals surface area contributed by atoms with Crippen molar-refractivity contribution in [1.82, 2.24) is 4.90 Å². The molecule has 0 spiro atoms. The van der Waals surface area contributed by atoms with Crippen LogP contribution in [0.5, 0.6) is 5.75 Å². The number of hydrogen-bond acceptors (Lipinski definition) is 3. The number of aryl methyl sites for hydroxylation is 2. The van der Waals surface area contributed by atoms with Gasteiger partial charge in [-0.05, 0) is 69.8 Å². The van der Waals surface area contributed by atoms with Crippen molar-refractivity contribution in [3.8, 4) is 5.75 Å². The number of benzene rings is 1. The second-order valence-corrected chi connectivity index (χ2v) is 7.08. The van der Waals surface area contributed by atoms with E-state index in [1.165, 1.54) is 19.3 Å². The highest BCUT2D eigenvalue weighted by molar-refractivity contribution is 5.98. The van der Waals surface area contributed by atoms with Crippen molar-refractivity contribution in [2.24, 2.45) is 5.92 Å². The van der Waals surface area contributed by atoms with Gasteiger partial charge in [0.2, 0.25) is 0 Å². The van der Waals surface area contributed by atoms with Gasteiger partial charge in [-0.25, -0.2) is 0 Å². The van der Waals surface area contributed by atoms with E-state index in [9.17, 15) is 4.79 Å². The van der Waals surface area contributed by atoms with Crippen LogP contribution in [0.3, 0.4) is 0 Å². The Hall–Kier alpha value is -1.35. The van der Waals surface area contributed by atoms with Gasteiger partial charge >= 0.3 is 0 Å². The molecular weight excluding hydrogens is 274 g/mol. The minimum atomic E-state index is 0.193. The van der Waals surface area contributed by atoms with E-state index in [0.717, 1.165) is 35.3 Å². The van der Waals surface area contributed by atoms with E-state index in [1.54, 1.807) is 7.11 Å². The third-order valence-corrected chi connectivity index (χ3v) is 5.66. The van der Waals surface area contributed by atoms with Gasteiger partial charge in [0.05, 0.1) is 7.11 Å². The second kappa shape index (κ2) is 6.04. The average Bonchev–Trinajstić information content (AvgIpc) is 2.46. The summed E-state index contributed by atoms with van der Waals surface area (Å²) in [7, 11) is 3.92. The predicted octanol–water partition coefficient (Wildman–Crippen LogP) is 3.76. The molecule has 2 fully saturated rings. The maximum absolute atomic E-state index is 13.0. The Morgan fingerprint density at radius 1 is 1.14 bits per heavy atom. The summed E-state index contributed by atoms with van der Waals surface area (Å²) in [5, 5.41) is 0. The third-order valence-electron chi connectivity index (χ3n) is 5.66. The van der Waals surface area contributed by atoms with Gasteiger partial charge in [-0.3, -0.25) is 4.79 Å². The number of hydrogen-bond donors (Lipinski definition) is 0. The Morgan fingerprint density at radius 3 is 2.18 bits per heavy atom. The summed E-state index contributed by atoms with van der Waals surface area (Å²) in [5.74, 6) is 1.43. The quantitative estimate of drug-likeness (QED) is 0.796. The van der Waals surface area contributed by atoms with E-state index in [4.69, 9.17) is 4.74 Å². The SMILES string of the molecule is COc1c(C)cc(C(=O)C2CC3CCCC(C2)N3C)cc1C. The highest BCUT2D eigenvalue weighted by Gasteiger charge is 2.38. The summed E-state index contributed by atoms with van der Waals surface area (Å²) in [6, 6.07) is 5.20. The van der Waals surface area contributed by atoms with Crippen molar-refractivity contribution >= 4 is 5.78 Å². The molecule has 3 rings (SSSR count). The van der Waals surface area contributed by atoms with Crippen LogP contribution in [0.4, 0.5) is 0 Å². The molecule has 2 aliphatic heterocycles. The smallest absolute Gasteiger partial charge is 0.166 e. The van der Waals surface area contributed by atoms with Gasteiger partial charge in [0.1, 0.15) is 5.75 Å². The maximum atomic E-state index is 13.0. The van der Waals surface area contributed by atoms with E-state index in [2.05, 4.69) is 11.9 Å². The zero-order chi connectivity index (χ0) is 15.9. The van der Waals surface area contributed by atoms with Crippen molar-refractivity contribution in [3.63, 3.8) is 0 Å². The number of carbonyl (C=O) groups excluding carboxylic acids is 1. The molecule has 0 amide bonds. The number of Topliss-reactive ketones (excluding diaryl/α,β-unsaturated/α-hetero) is 1. The molecule has 2 saturated heterocycles. The first-order valence-electron chi connectivity index (χ1n) is 8.42. The van der Waals surface area contributed by atoms with Crippen molar-refractivity contribution in [3.05, 3.63) is 28.8 Å². The molecular formula is C19H27NO2. The van der Waals surface area contributed by atoms with Gasteiger partial charge in [0.15, 0.2) is 5.78 Å². The van der Waals surface area contributed by atoms with Crippen LogP contribution in [-0.2, 0) is 0 Å². The van der Waals surface area contributed by atoms with E-state index >= 15 is 0 Å². The predicted molar refractivity (Wildman–Crippen MR) is 88.7 cm³/mol. The molecule has 2 unspecified atom stereocenters. The number of carbonyl (C=O) groups is 1. The first-order chi connectivity index (χ1) is 10.5. The Balaban J connectivity index is 1.83. The standard InChI is InChI=1S/C19H27NO2/c1-12-8-14(9-13(2)19(12)22-4)18(21)15-10-16-6-5-7-17(11-15)20(16)3/h8-9,15-17H,5-7,10-11H2,1-4H3. The van der Waals surface area contributed by atoms with Crippen LogP contribution in [-0.4, -0.2) is 36.9 Å². The van der Waals surface area contributed by atoms with Crippen LogP contribution >= 0.6 is 0 Å². The van der Waals surface area contributed by atoms with Gasteiger partial charge in [-0.15, -0.1) is 0 Å². The molecule has 0 N–H and O–H groups in total. The maximum Gasteiger partial charge on any atom is 0.166 e. The lowest BCUT2D eigenvalue weighted by molar-refractivity contribution is 0.0338. The average molecular weight is 301 g/mol. The number of nitrogens with zero attached hydrogens (tertiary/aromatic N) is 1. The molecule has 2 atom stereocenters. The molecule has 1 aromatic rings. The third kappa shape index (κ3) is 2.67. The molecule has 1 aromatic carbocycles. The molecule has 2 aliphatic rings. The molecule has 3 heteroatoms. The van der Waals surface area contributed by atoms with Gasteiger partial charge in [-0.2, -0.15) is 0 Å². The van der Waals surface area contributed by atoms with E-state index in [-0.39, 0.29) is 5.92 Å². The molecule has 0 aromatic heterocycles. The number of ketones is 1. The van der Waals surface area contributed by atoms with Crippen LogP contribution < -0.4 is 4.74 Å². The number of methoxy groups -OCH3 is 1. The molecule has 120 valence electrons. The van der Waals surface area contributed by atoms with Crippen LogP contribution in [0.1, 0.15) is 53.6 Å². The van der Waals surface area contributed by atoms with E-state index in [1.807, 2.05) is 26.0 Å². The van der Waals surface area contributed by atoms with Crippen LogP contribution in [0.2, 0.25) is 0 Å². The molecule has 0 aliphatic carbocycles. The fourth-order valence-corrected chi connectivity index (χ4v) is 4.48. The zero-order valence-corrected chi connectivity index (χ0v) is 14.2. The fourth-order valence-electron chi connectivity index (χ4n) is 4.48. The molecule has 3 nitrogen and oxygen atoms in total. The molecule has 22 heavy (non-hydrogen) atoms. The summed E-state index contributed by atoms with van der Waals surface area (Å²) >= 11 is 0. The van der Waals surface area contributed by atoms with Gasteiger partial charge in [-0.1, -0.05) is 6.42 Å². The van der Waals surface area contributed by atoms with E-state index < -0.39 is 0 Å². The van der Waals surface area contributed by atoms with Crippen LogP contribution in [0, 0.1) is 19.8 Å². The first-order valence-corrected chi connectivity index (χ1v) is 8.42. The highest BCUT2D eigenvalue weighted by atomic mass is 16.5. The number of ether oxygens (including phenoxy) is 1. The number of piperidine rings is 2. The van der Waals surface area contributed by atoms with Crippen LogP contribution in [0.15, 0.2) is 12.1 Å². The number of rotatable bonds is 3. The lowest BCUT2D eigenvalue weighted by atomic mass is 9.76. The molecule has 0 saturated carbocycles. The molecule has 0 radical (unpaired) electrons. The topological polar surface area (TPSA) is 29.5 Å². The zero-order valence-electron chi connectivity index (χ0n) is 14.2. The van der Waals surface area contributed by atoms with Crippen LogP contribution in [0.25, 0.3) is 0 Å². The van der Waals surface area contributed by atoms with Gasteiger partial charge in [0, 0.05) is 23.6 Å². The minimum absolute atomic E-state index is 0.193. The molecule has 2 bridgehead atoms.